The molecule has 268 valence electrons. The summed E-state index contributed by atoms with van der Waals surface area (Å²) in [4.78, 5) is 2.42. The van der Waals surface area contributed by atoms with E-state index in [9.17, 15) is 0 Å². The van der Waals surface area contributed by atoms with Crippen LogP contribution in [-0.4, -0.2) is 4.57 Å². The van der Waals surface area contributed by atoms with E-state index in [0.717, 1.165) is 28.3 Å². The van der Waals surface area contributed by atoms with Gasteiger partial charge in [0.25, 0.3) is 0 Å². The molecule has 0 spiro atoms. The lowest BCUT2D eigenvalue weighted by molar-refractivity contribution is 1.18. The van der Waals surface area contributed by atoms with Gasteiger partial charge in [0.1, 0.15) is 0 Å². The predicted octanol–water partition coefficient (Wildman–Crippen LogP) is 15.6. The highest BCUT2D eigenvalue weighted by Crippen LogP contribution is 2.45. The molecule has 0 fully saturated rings. The Labute approximate surface area is 335 Å². The minimum Gasteiger partial charge on any atom is -0.310 e. The highest BCUT2D eigenvalue weighted by Gasteiger charge is 2.21. The lowest BCUT2D eigenvalue weighted by Gasteiger charge is -2.28. The summed E-state index contributed by atoms with van der Waals surface area (Å²) >= 11 is 1.86. The van der Waals surface area contributed by atoms with E-state index in [-0.39, 0.29) is 0 Å². The molecule has 57 heavy (non-hydrogen) atoms. The zero-order valence-electron chi connectivity index (χ0n) is 31.1. The van der Waals surface area contributed by atoms with Crippen LogP contribution in [0.2, 0.25) is 0 Å². The van der Waals surface area contributed by atoms with Crippen molar-refractivity contribution in [1.82, 2.24) is 4.57 Å². The van der Waals surface area contributed by atoms with Crippen LogP contribution in [0, 0.1) is 0 Å². The van der Waals surface area contributed by atoms with Gasteiger partial charge in [0.2, 0.25) is 0 Å². The van der Waals surface area contributed by atoms with Gasteiger partial charge < -0.3 is 9.47 Å². The maximum absolute atomic E-state index is 2.44. The van der Waals surface area contributed by atoms with Gasteiger partial charge in [-0.25, -0.2) is 0 Å². The summed E-state index contributed by atoms with van der Waals surface area (Å²) in [6.07, 6.45) is 0. The van der Waals surface area contributed by atoms with Crippen LogP contribution in [0.4, 0.5) is 17.1 Å². The zero-order valence-corrected chi connectivity index (χ0v) is 31.9. The van der Waals surface area contributed by atoms with Gasteiger partial charge in [-0.15, -0.1) is 11.3 Å². The molecular formula is C54H36N2S. The summed E-state index contributed by atoms with van der Waals surface area (Å²) in [7, 11) is 0. The Hall–Kier alpha value is -7.20. The average molecular weight is 745 g/mol. The molecule has 0 aliphatic heterocycles. The number of rotatable bonds is 7. The number of aromatic nitrogens is 1. The van der Waals surface area contributed by atoms with Crippen LogP contribution in [0.25, 0.3) is 81.0 Å². The van der Waals surface area contributed by atoms with E-state index in [1.165, 1.54) is 69.8 Å². The number of fused-ring (bicyclic) bond motifs is 6. The molecule has 11 aromatic rings. The number of para-hydroxylation sites is 3. The third-order valence-electron chi connectivity index (χ3n) is 11.2. The number of thiophene rings is 1. The highest BCUT2D eigenvalue weighted by atomic mass is 32.1. The largest absolute Gasteiger partial charge is 0.310 e. The van der Waals surface area contributed by atoms with Gasteiger partial charge in [-0.2, -0.15) is 0 Å². The van der Waals surface area contributed by atoms with Gasteiger partial charge in [0, 0.05) is 53.6 Å². The van der Waals surface area contributed by atoms with Crippen molar-refractivity contribution in [1.29, 1.82) is 0 Å². The lowest BCUT2D eigenvalue weighted by Crippen LogP contribution is -2.11. The monoisotopic (exact) mass is 744 g/mol. The van der Waals surface area contributed by atoms with Crippen molar-refractivity contribution in [2.45, 2.75) is 0 Å². The molecule has 0 unspecified atom stereocenters. The second-order valence-electron chi connectivity index (χ2n) is 14.5. The van der Waals surface area contributed by atoms with E-state index < -0.39 is 0 Å². The fraction of sp³-hybridized carbons (Fsp3) is 0. The summed E-state index contributed by atoms with van der Waals surface area (Å²) < 4.78 is 5.07. The van der Waals surface area contributed by atoms with E-state index in [1.807, 2.05) is 11.3 Å². The predicted molar refractivity (Wildman–Crippen MR) is 245 cm³/mol. The summed E-state index contributed by atoms with van der Waals surface area (Å²) in [6.45, 7) is 0. The Morgan fingerprint density at radius 3 is 1.77 bits per heavy atom. The molecule has 0 radical (unpaired) electrons. The maximum atomic E-state index is 2.44. The highest BCUT2D eigenvalue weighted by molar-refractivity contribution is 7.25. The van der Waals surface area contributed by atoms with Crippen LogP contribution < -0.4 is 4.90 Å². The Morgan fingerprint density at radius 2 is 0.965 bits per heavy atom. The van der Waals surface area contributed by atoms with Crippen LogP contribution in [-0.2, 0) is 0 Å². The molecule has 0 saturated carbocycles. The molecule has 0 atom stereocenters. The van der Waals surface area contributed by atoms with Crippen molar-refractivity contribution in [3.05, 3.63) is 218 Å². The molecule has 0 saturated heterocycles. The second kappa shape index (κ2) is 13.8. The molecule has 0 aliphatic carbocycles. The fourth-order valence-electron chi connectivity index (χ4n) is 8.58. The van der Waals surface area contributed by atoms with E-state index in [0.29, 0.717) is 0 Å². The Kier molecular flexibility index (Phi) is 8.04. The molecule has 0 amide bonds. The SMILES string of the molecule is c1ccc(-c2ccc(-n3c4ccccc4c4ccc(N(c5ccccc5)c5ccccc5-c5ccc6sc7ccccc7c6c5)cc43)cc2-c2ccccc2)cc1. The van der Waals surface area contributed by atoms with Crippen molar-refractivity contribution in [2.75, 3.05) is 4.90 Å². The molecule has 0 N–H and O–H groups in total. The van der Waals surface area contributed by atoms with Gasteiger partial charge >= 0.3 is 0 Å². The van der Waals surface area contributed by atoms with Crippen LogP contribution in [0.15, 0.2) is 218 Å². The summed E-state index contributed by atoms with van der Waals surface area (Å²) in [5.74, 6) is 0. The maximum Gasteiger partial charge on any atom is 0.0561 e. The van der Waals surface area contributed by atoms with Gasteiger partial charge in [-0.05, 0) is 94.5 Å². The van der Waals surface area contributed by atoms with Crippen molar-refractivity contribution in [2.24, 2.45) is 0 Å². The Morgan fingerprint density at radius 1 is 0.333 bits per heavy atom. The van der Waals surface area contributed by atoms with Crippen LogP contribution in [0.1, 0.15) is 0 Å². The molecule has 9 aromatic carbocycles. The summed E-state index contributed by atoms with van der Waals surface area (Å²) in [5.41, 5.74) is 14.0. The van der Waals surface area contributed by atoms with Gasteiger partial charge in [-0.1, -0.05) is 152 Å². The first kappa shape index (κ1) is 33.2. The van der Waals surface area contributed by atoms with Crippen molar-refractivity contribution in [3.63, 3.8) is 0 Å². The Bertz CT molecular complexity index is 3230. The van der Waals surface area contributed by atoms with Crippen molar-refractivity contribution < 1.29 is 0 Å². The molecule has 0 bridgehead atoms. The third kappa shape index (κ3) is 5.71. The number of benzene rings is 9. The smallest absolute Gasteiger partial charge is 0.0561 e. The van der Waals surface area contributed by atoms with E-state index in [4.69, 9.17) is 0 Å². The molecular weight excluding hydrogens is 709 g/mol. The van der Waals surface area contributed by atoms with Gasteiger partial charge in [0.15, 0.2) is 0 Å². The molecule has 0 aliphatic rings. The quantitative estimate of drug-likeness (QED) is 0.158. The van der Waals surface area contributed by atoms with Gasteiger partial charge in [0.05, 0.1) is 16.7 Å². The minimum absolute atomic E-state index is 1.09. The Balaban J connectivity index is 1.13. The second-order valence-corrected chi connectivity index (χ2v) is 15.6. The zero-order chi connectivity index (χ0) is 37.7. The first-order chi connectivity index (χ1) is 28.3. The van der Waals surface area contributed by atoms with Crippen LogP contribution in [0.5, 0.6) is 0 Å². The van der Waals surface area contributed by atoms with Crippen LogP contribution in [0.3, 0.4) is 0 Å². The first-order valence-electron chi connectivity index (χ1n) is 19.4. The number of hydrogen-bond acceptors (Lipinski definition) is 2. The minimum atomic E-state index is 1.09. The topological polar surface area (TPSA) is 8.17 Å². The average Bonchev–Trinajstić information content (AvgIpc) is 3.82. The van der Waals surface area contributed by atoms with E-state index >= 15 is 0 Å². The summed E-state index contributed by atoms with van der Waals surface area (Å²) in [6, 6.07) is 79.4. The first-order valence-corrected chi connectivity index (χ1v) is 20.2. The van der Waals surface area contributed by atoms with Crippen LogP contribution >= 0.6 is 11.3 Å². The number of nitrogens with zero attached hydrogens (tertiary/aromatic N) is 2. The molecule has 3 heteroatoms. The third-order valence-corrected chi connectivity index (χ3v) is 12.3. The number of hydrogen-bond donors (Lipinski definition) is 0. The van der Waals surface area contributed by atoms with E-state index in [2.05, 4.69) is 228 Å². The lowest BCUT2D eigenvalue weighted by atomic mass is 9.94. The summed E-state index contributed by atoms with van der Waals surface area (Å²) in [5, 5.41) is 5.06. The number of anilines is 3. The van der Waals surface area contributed by atoms with E-state index in [1.54, 1.807) is 0 Å². The van der Waals surface area contributed by atoms with Gasteiger partial charge in [-0.3, -0.25) is 0 Å². The standard InChI is InChI=1S/C54H36N2S/c1-4-16-37(17-5-1)43-31-29-41(35-48(43)38-18-6-2-7-19-38)56-51-26-14-11-23-45(51)46-32-30-42(36-52(46)56)55(40-20-8-3-9-21-40)50-25-13-10-22-44(50)39-28-33-54-49(34-39)47-24-12-15-27-53(47)57-54/h1-36H. The molecule has 2 heterocycles. The molecule has 11 rings (SSSR count). The fourth-order valence-corrected chi connectivity index (χ4v) is 9.67. The van der Waals surface area contributed by atoms with Crippen molar-refractivity contribution in [3.8, 4) is 39.1 Å². The van der Waals surface area contributed by atoms with Crippen molar-refractivity contribution >= 4 is 70.4 Å². The normalized spacial score (nSPS) is 11.5. The molecule has 2 nitrogen and oxygen atoms in total. The molecule has 2 aromatic heterocycles.